The smallest absolute Gasteiger partial charge is 0.294 e. The van der Waals surface area contributed by atoms with Crippen molar-refractivity contribution in [2.24, 2.45) is 5.73 Å². The predicted molar refractivity (Wildman–Crippen MR) is 97.4 cm³/mol. The largest absolute Gasteiger partial charge is 0.449 e. The molecular formula is C18H16BN3O2. The van der Waals surface area contributed by atoms with Crippen LogP contribution in [-0.2, 0) is 6.42 Å². The summed E-state index contributed by atoms with van der Waals surface area (Å²) in [7, 11) is 1.99. The number of nitrogens with zero attached hydrogens (tertiary/aromatic N) is 1. The van der Waals surface area contributed by atoms with E-state index < -0.39 is 0 Å². The van der Waals surface area contributed by atoms with Gasteiger partial charge in [-0.15, -0.1) is 0 Å². The fourth-order valence-corrected chi connectivity index (χ4v) is 2.93. The highest BCUT2D eigenvalue weighted by Crippen LogP contribution is 2.24. The number of rotatable bonds is 3. The highest BCUT2D eigenvalue weighted by atomic mass is 16.3. The van der Waals surface area contributed by atoms with Gasteiger partial charge < -0.3 is 15.1 Å². The molecule has 0 saturated carbocycles. The molecule has 5 nitrogen and oxygen atoms in total. The van der Waals surface area contributed by atoms with Crippen LogP contribution in [0.3, 0.4) is 0 Å². The molecule has 2 heterocycles. The van der Waals surface area contributed by atoms with E-state index in [-0.39, 0.29) is 17.2 Å². The van der Waals surface area contributed by atoms with Gasteiger partial charge in [-0.2, -0.15) is 0 Å². The maximum Gasteiger partial charge on any atom is 0.294 e. The van der Waals surface area contributed by atoms with Crippen LogP contribution >= 0.6 is 0 Å². The van der Waals surface area contributed by atoms with Crippen LogP contribution in [0.25, 0.3) is 22.1 Å². The lowest BCUT2D eigenvalue weighted by atomic mass is 9.95. The van der Waals surface area contributed by atoms with Crippen molar-refractivity contribution in [1.82, 2.24) is 9.97 Å². The van der Waals surface area contributed by atoms with Crippen molar-refractivity contribution in [3.8, 4) is 0 Å². The zero-order valence-corrected chi connectivity index (χ0v) is 13.2. The standard InChI is InChI=1S/C18H16BN3O2/c19-11-6-7-14-12(9-11)15-16(24-14)18(23)22-17(21-15)13(20)8-10-4-2-1-3-5-10/h1-7,9,13H,8,19-20H2,(H,21,22,23). The van der Waals surface area contributed by atoms with Crippen molar-refractivity contribution in [2.45, 2.75) is 12.5 Å². The van der Waals surface area contributed by atoms with Gasteiger partial charge in [-0.3, -0.25) is 4.79 Å². The van der Waals surface area contributed by atoms with Crippen LogP contribution < -0.4 is 16.8 Å². The first-order valence-electron chi connectivity index (χ1n) is 7.84. The SMILES string of the molecule is Bc1ccc2oc3c(=O)[nH]c(C(N)Cc4ccccc4)nc3c2c1. The molecule has 0 aliphatic carbocycles. The van der Waals surface area contributed by atoms with Gasteiger partial charge in [0, 0.05) is 5.39 Å². The van der Waals surface area contributed by atoms with E-state index in [1.165, 1.54) is 0 Å². The molecule has 1 unspecified atom stereocenters. The molecule has 24 heavy (non-hydrogen) atoms. The van der Waals surface area contributed by atoms with Crippen LogP contribution in [0.1, 0.15) is 17.4 Å². The molecule has 3 N–H and O–H groups in total. The van der Waals surface area contributed by atoms with E-state index in [4.69, 9.17) is 10.2 Å². The third kappa shape index (κ3) is 2.51. The Morgan fingerprint density at radius 2 is 2.00 bits per heavy atom. The molecule has 0 amide bonds. The summed E-state index contributed by atoms with van der Waals surface area (Å²) in [6.07, 6.45) is 0.601. The number of benzene rings is 2. The van der Waals surface area contributed by atoms with E-state index in [1.54, 1.807) is 0 Å². The second-order valence-corrected chi connectivity index (χ2v) is 6.03. The zero-order valence-electron chi connectivity index (χ0n) is 13.2. The summed E-state index contributed by atoms with van der Waals surface area (Å²) < 4.78 is 5.64. The lowest BCUT2D eigenvalue weighted by Gasteiger charge is -2.10. The molecule has 0 aliphatic heterocycles. The summed E-state index contributed by atoms with van der Waals surface area (Å²) in [6.45, 7) is 0. The van der Waals surface area contributed by atoms with Crippen molar-refractivity contribution in [3.63, 3.8) is 0 Å². The van der Waals surface area contributed by atoms with Gasteiger partial charge in [-0.05, 0) is 18.1 Å². The molecule has 0 fully saturated rings. The summed E-state index contributed by atoms with van der Waals surface area (Å²) in [4.78, 5) is 19.7. The molecule has 0 saturated heterocycles. The number of nitrogens with two attached hydrogens (primary N) is 1. The van der Waals surface area contributed by atoms with Gasteiger partial charge >= 0.3 is 0 Å². The second-order valence-electron chi connectivity index (χ2n) is 6.03. The van der Waals surface area contributed by atoms with Crippen LogP contribution in [-0.4, -0.2) is 17.8 Å². The van der Waals surface area contributed by atoms with Gasteiger partial charge in [-0.25, -0.2) is 4.98 Å². The van der Waals surface area contributed by atoms with E-state index in [9.17, 15) is 4.79 Å². The van der Waals surface area contributed by atoms with Gasteiger partial charge in [0.15, 0.2) is 0 Å². The topological polar surface area (TPSA) is 84.9 Å². The van der Waals surface area contributed by atoms with E-state index in [0.717, 1.165) is 16.4 Å². The van der Waals surface area contributed by atoms with E-state index >= 15 is 0 Å². The normalized spacial score (nSPS) is 12.7. The van der Waals surface area contributed by atoms with Crippen molar-refractivity contribution in [2.75, 3.05) is 0 Å². The number of aromatic amines is 1. The van der Waals surface area contributed by atoms with Gasteiger partial charge in [0.2, 0.25) is 5.58 Å². The average molecular weight is 317 g/mol. The maximum atomic E-state index is 12.4. The molecule has 0 spiro atoms. The predicted octanol–water partition coefficient (Wildman–Crippen LogP) is 1.17. The summed E-state index contributed by atoms with van der Waals surface area (Å²) >= 11 is 0. The van der Waals surface area contributed by atoms with Crippen molar-refractivity contribution < 1.29 is 4.42 Å². The van der Waals surface area contributed by atoms with Crippen molar-refractivity contribution in [1.29, 1.82) is 0 Å². The third-order valence-electron chi connectivity index (χ3n) is 4.15. The third-order valence-corrected chi connectivity index (χ3v) is 4.15. The van der Waals surface area contributed by atoms with E-state index in [2.05, 4.69) is 9.97 Å². The molecule has 2 aromatic heterocycles. The average Bonchev–Trinajstić information content (AvgIpc) is 2.94. The van der Waals surface area contributed by atoms with Gasteiger partial charge in [0.1, 0.15) is 24.8 Å². The molecule has 4 aromatic rings. The summed E-state index contributed by atoms with van der Waals surface area (Å²) in [6, 6.07) is 15.3. The van der Waals surface area contributed by atoms with Gasteiger partial charge in [-0.1, -0.05) is 47.9 Å². The van der Waals surface area contributed by atoms with Gasteiger partial charge in [0.25, 0.3) is 5.56 Å². The van der Waals surface area contributed by atoms with Crippen LogP contribution in [0, 0.1) is 0 Å². The highest BCUT2D eigenvalue weighted by molar-refractivity contribution is 6.33. The Balaban J connectivity index is 1.83. The number of H-pyrrole nitrogens is 1. The Kier molecular flexibility index (Phi) is 3.47. The first-order valence-corrected chi connectivity index (χ1v) is 7.84. The number of nitrogens with one attached hydrogen (secondary N) is 1. The van der Waals surface area contributed by atoms with Crippen molar-refractivity contribution >= 4 is 35.4 Å². The Morgan fingerprint density at radius 1 is 1.21 bits per heavy atom. The highest BCUT2D eigenvalue weighted by Gasteiger charge is 2.17. The number of furan rings is 1. The minimum Gasteiger partial charge on any atom is -0.449 e. The number of hydrogen-bond acceptors (Lipinski definition) is 4. The number of hydrogen-bond donors (Lipinski definition) is 2. The summed E-state index contributed by atoms with van der Waals surface area (Å²) in [5.41, 5.74) is 9.61. The second kappa shape index (κ2) is 5.65. The quantitative estimate of drug-likeness (QED) is 0.556. The van der Waals surface area contributed by atoms with E-state index in [1.807, 2.05) is 56.4 Å². The molecule has 0 bridgehead atoms. The van der Waals surface area contributed by atoms with Crippen LogP contribution in [0.15, 0.2) is 57.7 Å². The molecule has 4 rings (SSSR count). The molecule has 118 valence electrons. The van der Waals surface area contributed by atoms with Crippen LogP contribution in [0.2, 0.25) is 0 Å². The lowest BCUT2D eigenvalue weighted by molar-refractivity contribution is 0.643. The van der Waals surface area contributed by atoms with Crippen LogP contribution in [0.5, 0.6) is 0 Å². The van der Waals surface area contributed by atoms with Crippen LogP contribution in [0.4, 0.5) is 0 Å². The lowest BCUT2D eigenvalue weighted by Crippen LogP contribution is -2.21. The Bertz CT molecular complexity index is 1090. The fraction of sp³-hybridized carbons (Fsp3) is 0.111. The Hall–Kier alpha value is -2.86. The fourth-order valence-electron chi connectivity index (χ4n) is 2.93. The molecular weight excluding hydrogens is 301 g/mol. The molecule has 0 aliphatic rings. The first-order chi connectivity index (χ1) is 11.6. The summed E-state index contributed by atoms with van der Waals surface area (Å²) in [5, 5.41) is 0.837. The Morgan fingerprint density at radius 3 is 2.79 bits per heavy atom. The zero-order chi connectivity index (χ0) is 16.7. The van der Waals surface area contributed by atoms with E-state index in [0.29, 0.717) is 23.3 Å². The minimum absolute atomic E-state index is 0.242. The maximum absolute atomic E-state index is 12.4. The molecule has 2 aromatic carbocycles. The van der Waals surface area contributed by atoms with Crippen molar-refractivity contribution in [3.05, 3.63) is 70.3 Å². The first kappa shape index (κ1) is 14.7. The minimum atomic E-state index is -0.390. The monoisotopic (exact) mass is 317 g/mol. The molecule has 0 radical (unpaired) electrons. The Labute approximate surface area is 138 Å². The number of fused-ring (bicyclic) bond motifs is 3. The summed E-state index contributed by atoms with van der Waals surface area (Å²) in [5.74, 6) is 0.473. The number of aromatic nitrogens is 2. The molecule has 1 atom stereocenters. The van der Waals surface area contributed by atoms with Gasteiger partial charge in [0.05, 0.1) is 6.04 Å². The molecule has 6 heteroatoms.